The first-order valence-electron chi connectivity index (χ1n) is 5.90. The van der Waals surface area contributed by atoms with Gasteiger partial charge < -0.3 is 5.32 Å². The van der Waals surface area contributed by atoms with Gasteiger partial charge in [-0.2, -0.15) is 0 Å². The molecule has 0 saturated carbocycles. The van der Waals surface area contributed by atoms with E-state index in [9.17, 15) is 0 Å². The van der Waals surface area contributed by atoms with Gasteiger partial charge in [0.25, 0.3) is 0 Å². The second kappa shape index (κ2) is 3.25. The van der Waals surface area contributed by atoms with Gasteiger partial charge in [0.1, 0.15) is 0 Å². The third-order valence-electron chi connectivity index (χ3n) is 4.24. The summed E-state index contributed by atoms with van der Waals surface area (Å²) in [6, 6.07) is 0.962. The largest absolute Gasteiger partial charge is 0.316 e. The molecule has 2 heteroatoms. The van der Waals surface area contributed by atoms with Gasteiger partial charge in [-0.1, -0.05) is 0 Å². The Balaban J connectivity index is 1.82. The van der Waals surface area contributed by atoms with Gasteiger partial charge in [-0.25, -0.2) is 0 Å². The highest BCUT2D eigenvalue weighted by molar-refractivity contribution is 4.96. The van der Waals surface area contributed by atoms with E-state index in [-0.39, 0.29) is 0 Å². The topological polar surface area (TPSA) is 15.3 Å². The molecule has 1 N–H and O–H groups in total. The lowest BCUT2D eigenvalue weighted by atomic mass is 9.74. The molecule has 0 aliphatic carbocycles. The van der Waals surface area contributed by atoms with Gasteiger partial charge in [0.05, 0.1) is 0 Å². The standard InChI is InChI=1S/C11H20N2/c1-3-9-7-12-8-10-4-2-6-13(5-1)11(9)10/h9-12H,1-8H2. The molecule has 2 nitrogen and oxygen atoms in total. The monoisotopic (exact) mass is 180 g/mol. The van der Waals surface area contributed by atoms with Gasteiger partial charge in [0, 0.05) is 6.04 Å². The molecule has 0 aromatic rings. The van der Waals surface area contributed by atoms with E-state index < -0.39 is 0 Å². The van der Waals surface area contributed by atoms with Crippen LogP contribution in [0.25, 0.3) is 0 Å². The average molecular weight is 180 g/mol. The lowest BCUT2D eigenvalue weighted by Crippen LogP contribution is -2.60. The molecule has 3 fully saturated rings. The third kappa shape index (κ3) is 1.31. The number of nitrogens with zero attached hydrogens (tertiary/aromatic N) is 1. The Morgan fingerprint density at radius 3 is 2.15 bits per heavy atom. The van der Waals surface area contributed by atoms with E-state index >= 15 is 0 Å². The van der Waals surface area contributed by atoms with E-state index in [4.69, 9.17) is 0 Å². The average Bonchev–Trinajstić information content (AvgIpc) is 2.19. The molecular weight excluding hydrogens is 160 g/mol. The molecule has 74 valence electrons. The summed E-state index contributed by atoms with van der Waals surface area (Å²) < 4.78 is 0. The van der Waals surface area contributed by atoms with Crippen LogP contribution in [0.5, 0.6) is 0 Å². The molecule has 0 spiro atoms. The van der Waals surface area contributed by atoms with Crippen LogP contribution < -0.4 is 5.32 Å². The summed E-state index contributed by atoms with van der Waals surface area (Å²) >= 11 is 0. The maximum absolute atomic E-state index is 3.61. The number of piperidine rings is 3. The molecule has 3 aliphatic rings. The summed E-state index contributed by atoms with van der Waals surface area (Å²) in [5.74, 6) is 1.96. The zero-order valence-corrected chi connectivity index (χ0v) is 8.34. The van der Waals surface area contributed by atoms with E-state index in [0.29, 0.717) is 0 Å². The highest BCUT2D eigenvalue weighted by atomic mass is 15.2. The van der Waals surface area contributed by atoms with Gasteiger partial charge in [-0.15, -0.1) is 0 Å². The van der Waals surface area contributed by atoms with Gasteiger partial charge in [0.2, 0.25) is 0 Å². The summed E-state index contributed by atoms with van der Waals surface area (Å²) in [4.78, 5) is 2.78. The van der Waals surface area contributed by atoms with Crippen molar-refractivity contribution in [1.29, 1.82) is 0 Å². The molecule has 0 bridgehead atoms. The smallest absolute Gasteiger partial charge is 0.0176 e. The van der Waals surface area contributed by atoms with Crippen LogP contribution in [-0.2, 0) is 0 Å². The van der Waals surface area contributed by atoms with Crippen molar-refractivity contribution in [1.82, 2.24) is 10.2 Å². The molecule has 0 aromatic carbocycles. The molecule has 0 radical (unpaired) electrons. The van der Waals surface area contributed by atoms with Crippen LogP contribution in [0.2, 0.25) is 0 Å². The lowest BCUT2D eigenvalue weighted by Gasteiger charge is -2.51. The maximum Gasteiger partial charge on any atom is 0.0176 e. The first-order chi connectivity index (χ1) is 6.45. The molecule has 2 unspecified atom stereocenters. The summed E-state index contributed by atoms with van der Waals surface area (Å²) in [6.45, 7) is 5.35. The molecule has 3 saturated heterocycles. The lowest BCUT2D eigenvalue weighted by molar-refractivity contribution is -0.00205. The second-order valence-electron chi connectivity index (χ2n) is 4.99. The molecule has 2 atom stereocenters. The Hall–Kier alpha value is -0.0800. The minimum absolute atomic E-state index is 0.962. The van der Waals surface area contributed by atoms with Crippen molar-refractivity contribution in [2.75, 3.05) is 26.2 Å². The third-order valence-corrected chi connectivity index (χ3v) is 4.24. The first kappa shape index (κ1) is 8.25. The SMILES string of the molecule is C1CC2CNCC3CCCN(C1)C23. The van der Waals surface area contributed by atoms with Crippen molar-refractivity contribution in [2.45, 2.75) is 31.7 Å². The Morgan fingerprint density at radius 1 is 0.923 bits per heavy atom. The van der Waals surface area contributed by atoms with Crippen LogP contribution in [-0.4, -0.2) is 37.1 Å². The summed E-state index contributed by atoms with van der Waals surface area (Å²) in [5, 5.41) is 3.61. The minimum Gasteiger partial charge on any atom is -0.316 e. The zero-order chi connectivity index (χ0) is 8.67. The van der Waals surface area contributed by atoms with Crippen LogP contribution in [0.4, 0.5) is 0 Å². The van der Waals surface area contributed by atoms with Gasteiger partial charge >= 0.3 is 0 Å². The molecular formula is C11H20N2. The Kier molecular flexibility index (Phi) is 2.06. The van der Waals surface area contributed by atoms with E-state index in [0.717, 1.165) is 17.9 Å². The fraction of sp³-hybridized carbons (Fsp3) is 1.00. The van der Waals surface area contributed by atoms with E-state index in [1.807, 2.05) is 0 Å². The molecule has 0 amide bonds. The normalized spacial score (nSPS) is 45.7. The Bertz CT molecular complexity index is 147. The Morgan fingerprint density at radius 2 is 1.54 bits per heavy atom. The summed E-state index contributed by atoms with van der Waals surface area (Å²) in [5.41, 5.74) is 0. The second-order valence-corrected chi connectivity index (χ2v) is 4.99. The molecule has 3 aliphatic heterocycles. The van der Waals surface area contributed by atoms with Crippen LogP contribution in [0.1, 0.15) is 25.7 Å². The molecule has 3 rings (SSSR count). The predicted molar refractivity (Wildman–Crippen MR) is 53.7 cm³/mol. The fourth-order valence-corrected chi connectivity index (χ4v) is 3.75. The van der Waals surface area contributed by atoms with E-state index in [2.05, 4.69) is 10.2 Å². The van der Waals surface area contributed by atoms with Crippen LogP contribution in [0.3, 0.4) is 0 Å². The first-order valence-corrected chi connectivity index (χ1v) is 5.90. The maximum atomic E-state index is 3.61. The number of rotatable bonds is 0. The van der Waals surface area contributed by atoms with E-state index in [1.54, 1.807) is 0 Å². The van der Waals surface area contributed by atoms with Crippen molar-refractivity contribution in [3.63, 3.8) is 0 Å². The zero-order valence-electron chi connectivity index (χ0n) is 8.34. The number of hydrogen-bond donors (Lipinski definition) is 1. The molecule has 3 heterocycles. The van der Waals surface area contributed by atoms with Gasteiger partial charge in [-0.05, 0) is 63.7 Å². The van der Waals surface area contributed by atoms with Crippen molar-refractivity contribution in [3.8, 4) is 0 Å². The molecule has 0 aromatic heterocycles. The van der Waals surface area contributed by atoms with Crippen molar-refractivity contribution < 1.29 is 0 Å². The highest BCUT2D eigenvalue weighted by Crippen LogP contribution is 2.36. The van der Waals surface area contributed by atoms with Crippen LogP contribution >= 0.6 is 0 Å². The van der Waals surface area contributed by atoms with Crippen molar-refractivity contribution in [2.24, 2.45) is 11.8 Å². The predicted octanol–water partition coefficient (Wildman–Crippen LogP) is 1.08. The highest BCUT2D eigenvalue weighted by Gasteiger charge is 2.40. The number of nitrogens with one attached hydrogen (secondary N) is 1. The summed E-state index contributed by atoms with van der Waals surface area (Å²) in [6.07, 6.45) is 5.83. The van der Waals surface area contributed by atoms with Gasteiger partial charge in [-0.3, -0.25) is 4.90 Å². The Labute approximate surface area is 80.7 Å². The fourth-order valence-electron chi connectivity index (χ4n) is 3.75. The summed E-state index contributed by atoms with van der Waals surface area (Å²) in [7, 11) is 0. The van der Waals surface area contributed by atoms with Crippen LogP contribution in [0, 0.1) is 11.8 Å². The van der Waals surface area contributed by atoms with Crippen molar-refractivity contribution >= 4 is 0 Å². The van der Waals surface area contributed by atoms with Crippen LogP contribution in [0.15, 0.2) is 0 Å². The van der Waals surface area contributed by atoms with Gasteiger partial charge in [0.15, 0.2) is 0 Å². The van der Waals surface area contributed by atoms with E-state index in [1.165, 1.54) is 51.9 Å². The molecule has 13 heavy (non-hydrogen) atoms. The quantitative estimate of drug-likeness (QED) is 0.600. The van der Waals surface area contributed by atoms with Crippen molar-refractivity contribution in [3.05, 3.63) is 0 Å². The number of hydrogen-bond acceptors (Lipinski definition) is 2. The minimum atomic E-state index is 0.962.